The first-order chi connectivity index (χ1) is 14.0. The van der Waals surface area contributed by atoms with Crippen LogP contribution in [-0.2, 0) is 6.54 Å². The number of carbonyl (C=O) groups is 1. The minimum Gasteiger partial charge on any atom is -0.497 e. The highest BCUT2D eigenvalue weighted by molar-refractivity contribution is 5.96. The molecule has 4 heteroatoms. The molecule has 3 rings (SSSR count). The van der Waals surface area contributed by atoms with Gasteiger partial charge in [-0.05, 0) is 68.5 Å². The van der Waals surface area contributed by atoms with Gasteiger partial charge in [0.2, 0.25) is 12.3 Å². The number of hydrogen-bond acceptors (Lipinski definition) is 2. The fraction of sp³-hybridized carbons (Fsp3) is 0.360. The molecule has 3 aromatic rings. The number of benzene rings is 1. The summed E-state index contributed by atoms with van der Waals surface area (Å²) in [5, 5.41) is 0. The van der Waals surface area contributed by atoms with Crippen molar-refractivity contribution in [1.29, 1.82) is 0 Å². The molecule has 1 aromatic carbocycles. The molecule has 0 radical (unpaired) electrons. The third-order valence-corrected chi connectivity index (χ3v) is 5.76. The maximum Gasteiger partial charge on any atom is 0.229 e. The summed E-state index contributed by atoms with van der Waals surface area (Å²) in [6, 6.07) is 14.2. The molecular weight excluding hydrogens is 360 g/mol. The van der Waals surface area contributed by atoms with E-state index in [0.717, 1.165) is 41.2 Å². The molecule has 0 spiro atoms. The number of methoxy groups -OCH3 is 1. The predicted molar refractivity (Wildman–Crippen MR) is 116 cm³/mol. The van der Waals surface area contributed by atoms with Crippen molar-refractivity contribution >= 4 is 5.78 Å². The topological polar surface area (TPSA) is 35.1 Å². The van der Waals surface area contributed by atoms with Crippen molar-refractivity contribution in [2.75, 3.05) is 7.11 Å². The smallest absolute Gasteiger partial charge is 0.229 e. The molecule has 2 aromatic heterocycles. The van der Waals surface area contributed by atoms with E-state index in [1.807, 2.05) is 61.1 Å². The van der Waals surface area contributed by atoms with Gasteiger partial charge in [0.25, 0.3) is 0 Å². The van der Waals surface area contributed by atoms with E-state index >= 15 is 0 Å². The van der Waals surface area contributed by atoms with Gasteiger partial charge < -0.3 is 9.30 Å². The average molecular weight is 392 g/mol. The molecule has 4 nitrogen and oxygen atoms in total. The molecule has 0 aliphatic rings. The van der Waals surface area contributed by atoms with E-state index in [1.165, 1.54) is 5.56 Å². The summed E-state index contributed by atoms with van der Waals surface area (Å²) in [4.78, 5) is 13.0. The van der Waals surface area contributed by atoms with Gasteiger partial charge in [0, 0.05) is 34.8 Å². The zero-order chi connectivity index (χ0) is 21.0. The molecule has 0 amide bonds. The zero-order valence-corrected chi connectivity index (χ0v) is 18.1. The summed E-state index contributed by atoms with van der Waals surface area (Å²) < 4.78 is 9.33. The van der Waals surface area contributed by atoms with E-state index < -0.39 is 0 Å². The van der Waals surface area contributed by atoms with Crippen LogP contribution in [0.25, 0.3) is 5.69 Å². The number of aryl methyl sites for hydroxylation is 1. The Morgan fingerprint density at radius 2 is 1.66 bits per heavy atom. The molecule has 152 valence electrons. The van der Waals surface area contributed by atoms with Gasteiger partial charge in [0.1, 0.15) is 5.75 Å². The highest BCUT2D eigenvalue weighted by Gasteiger charge is 2.20. The lowest BCUT2D eigenvalue weighted by molar-refractivity contribution is -0.683. The van der Waals surface area contributed by atoms with Gasteiger partial charge in [-0.15, -0.1) is 0 Å². The summed E-state index contributed by atoms with van der Waals surface area (Å²) >= 11 is 0. The quantitative estimate of drug-likeness (QED) is 0.392. The van der Waals surface area contributed by atoms with E-state index in [4.69, 9.17) is 4.74 Å². The molecule has 0 atom stereocenters. The number of hydrogen-bond donors (Lipinski definition) is 0. The Kier molecular flexibility index (Phi) is 6.53. The fourth-order valence-electron chi connectivity index (χ4n) is 4.03. The summed E-state index contributed by atoms with van der Waals surface area (Å²) in [5.74, 6) is 1.53. The van der Waals surface area contributed by atoms with Crippen LogP contribution in [0.5, 0.6) is 5.75 Å². The minimum atomic E-state index is 0.123. The monoisotopic (exact) mass is 391 g/mol. The van der Waals surface area contributed by atoms with Crippen molar-refractivity contribution in [1.82, 2.24) is 4.57 Å². The van der Waals surface area contributed by atoms with Crippen molar-refractivity contribution in [2.45, 2.75) is 53.0 Å². The van der Waals surface area contributed by atoms with Crippen LogP contribution >= 0.6 is 0 Å². The Labute approximate surface area is 173 Å². The van der Waals surface area contributed by atoms with Crippen LogP contribution in [0.3, 0.4) is 0 Å². The third kappa shape index (κ3) is 4.42. The molecule has 0 saturated heterocycles. The molecular formula is C25H31N2O2+. The number of carbonyl (C=O) groups excluding carboxylic acids is 1. The molecule has 0 N–H and O–H groups in total. The van der Waals surface area contributed by atoms with Crippen molar-refractivity contribution in [3.05, 3.63) is 77.4 Å². The molecule has 0 fully saturated rings. The average Bonchev–Trinajstić information content (AvgIpc) is 3.04. The second-order valence-corrected chi connectivity index (χ2v) is 7.56. The summed E-state index contributed by atoms with van der Waals surface area (Å²) in [6.45, 7) is 8.82. The normalized spacial score (nSPS) is 11.1. The van der Waals surface area contributed by atoms with Crippen LogP contribution in [0.1, 0.15) is 59.9 Å². The number of ether oxygens (including phenoxy) is 1. The van der Waals surface area contributed by atoms with Gasteiger partial charge in [-0.25, -0.2) is 0 Å². The third-order valence-electron chi connectivity index (χ3n) is 5.76. The SMILES string of the molecule is CCC(CC)c1cc[n+](CC(=O)c2cc(C)n(-c3ccc(OC)cc3)c2C)cc1. The standard InChI is InChI=1S/C25H31N2O2/c1-6-20(7-2)21-12-14-26(15-13-21)17-25(28)24-16-18(3)27(19(24)4)22-8-10-23(29-5)11-9-22/h8-16,20H,6-7,17H2,1-5H3/q+1. The number of pyridine rings is 1. The molecule has 0 unspecified atom stereocenters. The van der Waals surface area contributed by atoms with Crippen LogP contribution in [0.15, 0.2) is 54.9 Å². The first-order valence-electron chi connectivity index (χ1n) is 10.3. The first-order valence-corrected chi connectivity index (χ1v) is 10.3. The molecule has 0 aliphatic heterocycles. The Morgan fingerprint density at radius 1 is 1.03 bits per heavy atom. The van der Waals surface area contributed by atoms with E-state index in [9.17, 15) is 4.79 Å². The second-order valence-electron chi connectivity index (χ2n) is 7.56. The largest absolute Gasteiger partial charge is 0.497 e. The number of rotatable bonds is 8. The number of ketones is 1. The Hall–Kier alpha value is -2.88. The van der Waals surface area contributed by atoms with E-state index in [0.29, 0.717) is 12.5 Å². The van der Waals surface area contributed by atoms with Gasteiger partial charge in [0.15, 0.2) is 12.4 Å². The van der Waals surface area contributed by atoms with Crippen LogP contribution in [0, 0.1) is 13.8 Å². The lowest BCUT2D eigenvalue weighted by atomic mass is 9.95. The predicted octanol–water partition coefficient (Wildman–Crippen LogP) is 5.18. The molecule has 0 saturated carbocycles. The van der Waals surface area contributed by atoms with Crippen LogP contribution in [0.4, 0.5) is 0 Å². The maximum absolute atomic E-state index is 13.0. The van der Waals surface area contributed by atoms with Crippen LogP contribution in [-0.4, -0.2) is 17.5 Å². The fourth-order valence-corrected chi connectivity index (χ4v) is 4.03. The van der Waals surface area contributed by atoms with Crippen molar-refractivity contribution in [3.63, 3.8) is 0 Å². The number of aromatic nitrogens is 2. The minimum absolute atomic E-state index is 0.123. The Morgan fingerprint density at radius 3 is 2.21 bits per heavy atom. The van der Waals surface area contributed by atoms with Crippen molar-refractivity contribution < 1.29 is 14.1 Å². The maximum atomic E-state index is 13.0. The summed E-state index contributed by atoms with van der Waals surface area (Å²) in [5.41, 5.74) is 5.16. The van der Waals surface area contributed by atoms with Gasteiger partial charge in [-0.1, -0.05) is 13.8 Å². The zero-order valence-electron chi connectivity index (χ0n) is 18.1. The van der Waals surface area contributed by atoms with Gasteiger partial charge in [0.05, 0.1) is 7.11 Å². The lowest BCUT2D eigenvalue weighted by Crippen LogP contribution is -2.37. The van der Waals surface area contributed by atoms with Gasteiger partial charge >= 0.3 is 0 Å². The van der Waals surface area contributed by atoms with Gasteiger partial charge in [-0.2, -0.15) is 4.57 Å². The van der Waals surface area contributed by atoms with Crippen LogP contribution in [0.2, 0.25) is 0 Å². The highest BCUT2D eigenvalue weighted by Crippen LogP contribution is 2.24. The Balaban J connectivity index is 1.81. The van der Waals surface area contributed by atoms with Crippen molar-refractivity contribution in [2.24, 2.45) is 0 Å². The van der Waals surface area contributed by atoms with Crippen LogP contribution < -0.4 is 9.30 Å². The van der Waals surface area contributed by atoms with E-state index in [1.54, 1.807) is 7.11 Å². The molecule has 0 aliphatic carbocycles. The summed E-state index contributed by atoms with van der Waals surface area (Å²) in [6.07, 6.45) is 6.32. The molecule has 2 heterocycles. The Bertz CT molecular complexity index is 965. The lowest BCUT2D eigenvalue weighted by Gasteiger charge is -2.11. The van der Waals surface area contributed by atoms with E-state index in [2.05, 4.69) is 30.5 Å². The molecule has 0 bridgehead atoms. The number of Topliss-reactive ketones (excluding diaryl/α,β-unsaturated/α-hetero) is 1. The molecule has 29 heavy (non-hydrogen) atoms. The van der Waals surface area contributed by atoms with E-state index in [-0.39, 0.29) is 5.78 Å². The highest BCUT2D eigenvalue weighted by atomic mass is 16.5. The van der Waals surface area contributed by atoms with Crippen molar-refractivity contribution in [3.8, 4) is 11.4 Å². The van der Waals surface area contributed by atoms with Gasteiger partial charge in [-0.3, -0.25) is 4.79 Å². The number of nitrogens with zero attached hydrogens (tertiary/aromatic N) is 2. The first kappa shape index (κ1) is 20.8. The summed E-state index contributed by atoms with van der Waals surface area (Å²) in [7, 11) is 1.66. The second kappa shape index (κ2) is 9.08.